The predicted octanol–water partition coefficient (Wildman–Crippen LogP) is 3.94. The van der Waals surface area contributed by atoms with E-state index in [0.29, 0.717) is 30.3 Å². The Morgan fingerprint density at radius 2 is 1.81 bits per heavy atom. The molecule has 2 aromatic carbocycles. The van der Waals surface area contributed by atoms with Gasteiger partial charge in [-0.3, -0.25) is 4.79 Å². The quantitative estimate of drug-likeness (QED) is 0.565. The molecule has 8 heteroatoms. The Hall–Kier alpha value is -1.82. The van der Waals surface area contributed by atoms with Gasteiger partial charge in [0.25, 0.3) is 0 Å². The minimum absolute atomic E-state index is 0. The lowest BCUT2D eigenvalue weighted by molar-refractivity contribution is -0.120. The molecule has 2 rings (SSSR count). The zero-order chi connectivity index (χ0) is 17.4. The average Bonchev–Trinajstić information content (AvgIpc) is 2.57. The number of nitrogens with one attached hydrogen (secondary N) is 2. The van der Waals surface area contributed by atoms with Crippen molar-refractivity contribution in [3.8, 4) is 5.75 Å². The lowest BCUT2D eigenvalue weighted by atomic mass is 10.1. The zero-order valence-electron chi connectivity index (χ0n) is 14.5. The second-order valence-corrected chi connectivity index (χ2v) is 5.80. The summed E-state index contributed by atoms with van der Waals surface area (Å²) in [7, 11) is 1.60. The number of carbonyl (C=O) groups excluding carboxylic acids is 1. The number of hydrogen-bond donors (Lipinski definition) is 3. The van der Waals surface area contributed by atoms with Crippen LogP contribution in [0.25, 0.3) is 0 Å². The van der Waals surface area contributed by atoms with E-state index in [1.807, 2.05) is 24.3 Å². The van der Waals surface area contributed by atoms with Crippen molar-refractivity contribution in [2.45, 2.75) is 12.8 Å². The van der Waals surface area contributed by atoms with Crippen LogP contribution in [0.5, 0.6) is 5.75 Å². The smallest absolute Gasteiger partial charge is 0.221 e. The summed E-state index contributed by atoms with van der Waals surface area (Å²) in [5.41, 5.74) is 8.31. The van der Waals surface area contributed by atoms with Crippen LogP contribution in [0, 0.1) is 0 Å². The molecule has 0 aliphatic heterocycles. The molecule has 0 saturated heterocycles. The van der Waals surface area contributed by atoms with Crippen molar-refractivity contribution in [2.75, 3.05) is 31.2 Å². The first-order valence-electron chi connectivity index (χ1n) is 7.77. The molecule has 4 N–H and O–H groups in total. The molecule has 0 aliphatic rings. The van der Waals surface area contributed by atoms with Gasteiger partial charge >= 0.3 is 0 Å². The third-order valence-electron chi connectivity index (χ3n) is 3.54. The van der Waals surface area contributed by atoms with Crippen molar-refractivity contribution in [1.82, 2.24) is 5.32 Å². The number of nitrogens with two attached hydrogens (primary N) is 1. The van der Waals surface area contributed by atoms with Gasteiger partial charge in [-0.05, 0) is 42.3 Å². The van der Waals surface area contributed by atoms with Crippen LogP contribution in [-0.2, 0) is 11.2 Å². The third kappa shape index (κ3) is 8.04. The minimum Gasteiger partial charge on any atom is -0.495 e. The van der Waals surface area contributed by atoms with E-state index in [0.717, 1.165) is 23.4 Å². The van der Waals surface area contributed by atoms with Gasteiger partial charge in [-0.25, -0.2) is 0 Å². The zero-order valence-corrected chi connectivity index (χ0v) is 16.8. The Balaban J connectivity index is 0.00000312. The summed E-state index contributed by atoms with van der Waals surface area (Å²) in [6.07, 6.45) is 1.15. The number of hydrogen-bond acceptors (Lipinski definition) is 4. The minimum atomic E-state index is -0.000982. The van der Waals surface area contributed by atoms with Crippen molar-refractivity contribution >= 4 is 53.7 Å². The molecule has 0 unspecified atom stereocenters. The Labute approximate surface area is 171 Å². The van der Waals surface area contributed by atoms with Gasteiger partial charge in [0.15, 0.2) is 0 Å². The van der Waals surface area contributed by atoms with E-state index in [2.05, 4.69) is 10.6 Å². The Morgan fingerprint density at radius 3 is 2.46 bits per heavy atom. The van der Waals surface area contributed by atoms with Crippen molar-refractivity contribution in [2.24, 2.45) is 0 Å². The van der Waals surface area contributed by atoms with Gasteiger partial charge in [-0.1, -0.05) is 23.7 Å². The van der Waals surface area contributed by atoms with Gasteiger partial charge in [-0.2, -0.15) is 0 Å². The molecule has 2 aromatic rings. The number of nitrogen functional groups attached to an aromatic ring is 1. The van der Waals surface area contributed by atoms with Crippen LogP contribution in [0.1, 0.15) is 12.0 Å². The highest BCUT2D eigenvalue weighted by molar-refractivity contribution is 6.30. The first-order valence-corrected chi connectivity index (χ1v) is 8.15. The van der Waals surface area contributed by atoms with E-state index in [9.17, 15) is 4.79 Å². The molecule has 0 fully saturated rings. The van der Waals surface area contributed by atoms with Crippen molar-refractivity contribution in [1.29, 1.82) is 0 Å². The van der Waals surface area contributed by atoms with Crippen molar-refractivity contribution in [3.05, 3.63) is 53.1 Å². The molecule has 0 spiro atoms. The van der Waals surface area contributed by atoms with Crippen LogP contribution >= 0.6 is 36.4 Å². The van der Waals surface area contributed by atoms with Crippen LogP contribution in [0.2, 0.25) is 5.02 Å². The monoisotopic (exact) mass is 419 g/mol. The third-order valence-corrected chi connectivity index (χ3v) is 3.78. The molecular weight excluding hydrogens is 397 g/mol. The highest BCUT2D eigenvalue weighted by Crippen LogP contribution is 2.27. The van der Waals surface area contributed by atoms with Crippen LogP contribution in [-0.4, -0.2) is 26.1 Å². The van der Waals surface area contributed by atoms with Gasteiger partial charge in [-0.15, -0.1) is 24.8 Å². The van der Waals surface area contributed by atoms with Gasteiger partial charge < -0.3 is 21.1 Å². The molecule has 0 radical (unpaired) electrons. The molecule has 0 heterocycles. The van der Waals surface area contributed by atoms with E-state index in [4.69, 9.17) is 22.1 Å². The van der Waals surface area contributed by atoms with E-state index in [-0.39, 0.29) is 30.7 Å². The van der Waals surface area contributed by atoms with E-state index >= 15 is 0 Å². The highest BCUT2D eigenvalue weighted by atomic mass is 35.5. The molecule has 5 nitrogen and oxygen atoms in total. The van der Waals surface area contributed by atoms with Gasteiger partial charge in [0.1, 0.15) is 5.75 Å². The van der Waals surface area contributed by atoms with Crippen LogP contribution in [0.3, 0.4) is 0 Å². The second-order valence-electron chi connectivity index (χ2n) is 5.36. The molecule has 0 saturated carbocycles. The molecule has 26 heavy (non-hydrogen) atoms. The van der Waals surface area contributed by atoms with Crippen LogP contribution < -0.4 is 21.1 Å². The van der Waals surface area contributed by atoms with Gasteiger partial charge in [0.05, 0.1) is 12.8 Å². The maximum atomic E-state index is 11.9. The van der Waals surface area contributed by atoms with Crippen molar-refractivity contribution < 1.29 is 9.53 Å². The molecule has 144 valence electrons. The number of methoxy groups -OCH3 is 1. The number of ether oxygens (including phenoxy) is 1. The summed E-state index contributed by atoms with van der Waals surface area (Å²) in [6, 6.07) is 13.0. The normalized spacial score (nSPS) is 9.46. The number of anilines is 2. The number of amides is 1. The Bertz CT molecular complexity index is 682. The second kappa shape index (κ2) is 12.5. The van der Waals surface area contributed by atoms with E-state index < -0.39 is 0 Å². The maximum absolute atomic E-state index is 11.9. The molecular formula is C18H24Cl3N3O2. The largest absolute Gasteiger partial charge is 0.495 e. The number of carbonyl (C=O) groups is 1. The number of benzene rings is 2. The standard InChI is InChI=1S/C18H22ClN3O2.2ClH/c1-24-17-7-4-14(19)12-16(17)21-11-9-18(23)22-10-8-13-2-5-15(20)6-3-13;;/h2-7,12,21H,8-11,20H2,1H3,(H,22,23);2*1H. The molecule has 0 atom stereocenters. The lowest BCUT2D eigenvalue weighted by Crippen LogP contribution is -2.27. The summed E-state index contributed by atoms with van der Waals surface area (Å²) >= 11 is 5.97. The first-order chi connectivity index (χ1) is 11.6. The first kappa shape index (κ1) is 24.2. The lowest BCUT2D eigenvalue weighted by Gasteiger charge is -2.11. The van der Waals surface area contributed by atoms with Gasteiger partial charge in [0, 0.05) is 30.2 Å². The Morgan fingerprint density at radius 1 is 1.12 bits per heavy atom. The summed E-state index contributed by atoms with van der Waals surface area (Å²) in [5, 5.41) is 6.69. The Kier molecular flexibility index (Phi) is 11.6. The molecule has 0 bridgehead atoms. The summed E-state index contributed by atoms with van der Waals surface area (Å²) in [4.78, 5) is 11.9. The van der Waals surface area contributed by atoms with E-state index in [1.54, 1.807) is 25.3 Å². The average molecular weight is 421 g/mol. The topological polar surface area (TPSA) is 76.4 Å². The summed E-state index contributed by atoms with van der Waals surface area (Å²) < 4.78 is 5.25. The fourth-order valence-electron chi connectivity index (χ4n) is 2.25. The SMILES string of the molecule is COc1ccc(Cl)cc1NCCC(=O)NCCc1ccc(N)cc1.Cl.Cl. The fraction of sp³-hybridized carbons (Fsp3) is 0.278. The number of halogens is 3. The number of rotatable bonds is 8. The van der Waals surface area contributed by atoms with Crippen LogP contribution in [0.4, 0.5) is 11.4 Å². The van der Waals surface area contributed by atoms with Crippen LogP contribution in [0.15, 0.2) is 42.5 Å². The highest BCUT2D eigenvalue weighted by Gasteiger charge is 2.05. The molecule has 0 aromatic heterocycles. The van der Waals surface area contributed by atoms with Gasteiger partial charge in [0.2, 0.25) is 5.91 Å². The fourth-order valence-corrected chi connectivity index (χ4v) is 2.42. The van der Waals surface area contributed by atoms with E-state index in [1.165, 1.54) is 0 Å². The molecule has 1 amide bonds. The van der Waals surface area contributed by atoms with Crippen molar-refractivity contribution in [3.63, 3.8) is 0 Å². The predicted molar refractivity (Wildman–Crippen MR) is 113 cm³/mol. The molecule has 0 aliphatic carbocycles. The summed E-state index contributed by atoms with van der Waals surface area (Å²) in [6.45, 7) is 1.10. The maximum Gasteiger partial charge on any atom is 0.221 e. The summed E-state index contributed by atoms with van der Waals surface area (Å²) in [5.74, 6) is 0.696.